The second-order valence-electron chi connectivity index (χ2n) is 16.0. The van der Waals surface area contributed by atoms with Crippen molar-refractivity contribution in [2.75, 3.05) is 0 Å². The Bertz CT molecular complexity index is 3350. The number of benzene rings is 9. The molecule has 3 aliphatic rings. The van der Waals surface area contributed by atoms with Crippen molar-refractivity contribution in [2.45, 2.75) is 5.41 Å². The molecular weight excluding hydrogens is 713 g/mol. The SMILES string of the molecule is c1ccc(-c2cccc(-c3ccc4c5nc(nc4c3)-c3cccc(c3)-c3ccccc3-c3ccc4c(c3)-c3c-5cccc3C43c4ccccc4-c4ccccc43)c2)cc1. The summed E-state index contributed by atoms with van der Waals surface area (Å²) in [6.07, 6.45) is 0. The molecule has 10 aromatic rings. The predicted octanol–water partition coefficient (Wildman–Crippen LogP) is 14.3. The largest absolute Gasteiger partial charge is 0.228 e. The minimum absolute atomic E-state index is 0.476. The molecule has 6 bridgehead atoms. The first-order valence-electron chi connectivity index (χ1n) is 20.4. The van der Waals surface area contributed by atoms with Gasteiger partial charge in [0.1, 0.15) is 0 Å². The smallest absolute Gasteiger partial charge is 0.160 e. The molecular formula is C57H34N2. The van der Waals surface area contributed by atoms with Crippen LogP contribution in [0.15, 0.2) is 206 Å². The normalized spacial score (nSPS) is 13.2. The molecule has 272 valence electrons. The standard InChI is InChI=1S/C57H34N2/c1-2-13-35(14-3-1)36-15-10-16-37(31-36)38-27-29-46-53(34-38)58-56-41-18-11-17-39(32-41)42-19-4-5-20-43(42)40-28-30-51-48(33-40)54-47(55(46)59-56)23-12-26-52(54)57(51)49-24-8-6-21-44(49)45-22-7-9-25-50(45)57/h1-34H. The van der Waals surface area contributed by atoms with Crippen molar-refractivity contribution in [2.24, 2.45) is 0 Å². The van der Waals surface area contributed by atoms with Crippen molar-refractivity contribution >= 4 is 10.9 Å². The molecule has 0 radical (unpaired) electrons. The van der Waals surface area contributed by atoms with Crippen molar-refractivity contribution in [1.29, 1.82) is 0 Å². The first-order valence-corrected chi connectivity index (χ1v) is 20.4. The van der Waals surface area contributed by atoms with Gasteiger partial charge in [-0.15, -0.1) is 0 Å². The number of aromatic nitrogens is 2. The van der Waals surface area contributed by atoms with Crippen molar-refractivity contribution in [3.05, 3.63) is 229 Å². The zero-order valence-corrected chi connectivity index (χ0v) is 32.0. The van der Waals surface area contributed by atoms with E-state index in [2.05, 4.69) is 206 Å². The average Bonchev–Trinajstić information content (AvgIpc) is 3.78. The lowest BCUT2D eigenvalue weighted by molar-refractivity contribution is 0.794. The summed E-state index contributed by atoms with van der Waals surface area (Å²) in [5.41, 5.74) is 23.3. The van der Waals surface area contributed by atoms with Gasteiger partial charge >= 0.3 is 0 Å². The fourth-order valence-corrected chi connectivity index (χ4v) is 10.5. The Kier molecular flexibility index (Phi) is 6.68. The van der Waals surface area contributed by atoms with Gasteiger partial charge in [-0.25, -0.2) is 9.97 Å². The molecule has 0 amide bonds. The molecule has 0 fully saturated rings. The number of rotatable bonds is 2. The first kappa shape index (κ1) is 32.4. The molecule has 1 aromatic heterocycles. The van der Waals surface area contributed by atoms with Gasteiger partial charge in [0.25, 0.3) is 0 Å². The Hall–Kier alpha value is -7.68. The van der Waals surface area contributed by atoms with Crippen molar-refractivity contribution < 1.29 is 0 Å². The van der Waals surface area contributed by atoms with E-state index in [9.17, 15) is 0 Å². The van der Waals surface area contributed by atoms with Gasteiger partial charge in [-0.05, 0) is 119 Å². The van der Waals surface area contributed by atoms with Gasteiger partial charge in [0.2, 0.25) is 0 Å². The Balaban J connectivity index is 1.14. The number of hydrogen-bond donors (Lipinski definition) is 0. The lowest BCUT2D eigenvalue weighted by Crippen LogP contribution is -2.25. The molecule has 0 saturated heterocycles. The van der Waals surface area contributed by atoms with Gasteiger partial charge in [0.15, 0.2) is 5.82 Å². The Morgan fingerprint density at radius 2 is 0.797 bits per heavy atom. The van der Waals surface area contributed by atoms with Gasteiger partial charge in [-0.1, -0.05) is 176 Å². The number of fused-ring (bicyclic) bond motifs is 19. The first-order chi connectivity index (χ1) is 29.2. The molecule has 9 aromatic carbocycles. The summed E-state index contributed by atoms with van der Waals surface area (Å²) in [6.45, 7) is 0. The van der Waals surface area contributed by atoms with E-state index < -0.39 is 5.41 Å². The van der Waals surface area contributed by atoms with Crippen LogP contribution < -0.4 is 0 Å². The topological polar surface area (TPSA) is 25.8 Å². The van der Waals surface area contributed by atoms with Crippen LogP contribution >= 0.6 is 0 Å². The predicted molar refractivity (Wildman–Crippen MR) is 242 cm³/mol. The molecule has 0 N–H and O–H groups in total. The molecule has 2 aliphatic carbocycles. The highest BCUT2D eigenvalue weighted by atomic mass is 14.9. The average molecular weight is 747 g/mol. The highest BCUT2D eigenvalue weighted by Crippen LogP contribution is 2.64. The summed E-state index contributed by atoms with van der Waals surface area (Å²) in [5.74, 6) is 0.718. The highest BCUT2D eigenvalue weighted by molar-refractivity contribution is 6.06. The molecule has 2 nitrogen and oxygen atoms in total. The molecule has 0 saturated carbocycles. The van der Waals surface area contributed by atoms with Gasteiger partial charge in [-0.3, -0.25) is 0 Å². The lowest BCUT2D eigenvalue weighted by Gasteiger charge is -2.30. The van der Waals surface area contributed by atoms with E-state index in [1.165, 1.54) is 72.3 Å². The third kappa shape index (κ3) is 4.51. The zero-order chi connectivity index (χ0) is 38.7. The third-order valence-electron chi connectivity index (χ3n) is 13.0. The molecule has 0 atom stereocenters. The number of hydrogen-bond acceptors (Lipinski definition) is 2. The van der Waals surface area contributed by atoms with Gasteiger partial charge < -0.3 is 0 Å². The minimum Gasteiger partial charge on any atom is -0.228 e. The Morgan fingerprint density at radius 3 is 1.56 bits per heavy atom. The summed E-state index contributed by atoms with van der Waals surface area (Å²) >= 11 is 0. The van der Waals surface area contributed by atoms with E-state index in [-0.39, 0.29) is 0 Å². The summed E-state index contributed by atoms with van der Waals surface area (Å²) in [4.78, 5) is 11.0. The van der Waals surface area contributed by atoms with Crippen molar-refractivity contribution in [3.63, 3.8) is 0 Å². The molecule has 13 rings (SSSR count). The van der Waals surface area contributed by atoms with E-state index in [0.29, 0.717) is 0 Å². The van der Waals surface area contributed by atoms with Crippen LogP contribution in [-0.4, -0.2) is 9.97 Å². The molecule has 1 aliphatic heterocycles. The Morgan fingerprint density at radius 1 is 0.288 bits per heavy atom. The van der Waals surface area contributed by atoms with Crippen LogP contribution in [0, 0.1) is 0 Å². The van der Waals surface area contributed by atoms with Crippen LogP contribution in [0.3, 0.4) is 0 Å². The van der Waals surface area contributed by atoms with Crippen molar-refractivity contribution in [3.8, 4) is 89.4 Å². The lowest BCUT2D eigenvalue weighted by atomic mass is 9.70. The second-order valence-corrected chi connectivity index (χ2v) is 16.0. The van der Waals surface area contributed by atoms with Crippen LogP contribution in [0.4, 0.5) is 0 Å². The van der Waals surface area contributed by atoms with E-state index >= 15 is 0 Å². The van der Waals surface area contributed by atoms with Gasteiger partial charge in [0.05, 0.1) is 16.6 Å². The Labute approximate surface area is 342 Å². The summed E-state index contributed by atoms with van der Waals surface area (Å²) in [7, 11) is 0. The zero-order valence-electron chi connectivity index (χ0n) is 32.0. The van der Waals surface area contributed by atoms with E-state index in [1.807, 2.05) is 0 Å². The molecule has 0 unspecified atom stereocenters. The van der Waals surface area contributed by atoms with E-state index in [1.54, 1.807) is 0 Å². The van der Waals surface area contributed by atoms with E-state index in [0.717, 1.165) is 50.2 Å². The summed E-state index contributed by atoms with van der Waals surface area (Å²) in [6, 6.07) is 75.9. The monoisotopic (exact) mass is 746 g/mol. The summed E-state index contributed by atoms with van der Waals surface area (Å²) < 4.78 is 0. The number of nitrogens with zero attached hydrogens (tertiary/aromatic N) is 2. The maximum Gasteiger partial charge on any atom is 0.160 e. The maximum absolute atomic E-state index is 5.59. The van der Waals surface area contributed by atoms with Gasteiger partial charge in [-0.2, -0.15) is 0 Å². The van der Waals surface area contributed by atoms with Crippen LogP contribution in [-0.2, 0) is 5.41 Å². The second kappa shape index (κ2) is 12.2. The third-order valence-corrected chi connectivity index (χ3v) is 13.0. The van der Waals surface area contributed by atoms with Gasteiger partial charge in [0, 0.05) is 16.5 Å². The van der Waals surface area contributed by atoms with Crippen LogP contribution in [0.5, 0.6) is 0 Å². The maximum atomic E-state index is 5.59. The van der Waals surface area contributed by atoms with Crippen LogP contribution in [0.1, 0.15) is 22.3 Å². The summed E-state index contributed by atoms with van der Waals surface area (Å²) in [5, 5.41) is 1.03. The fourth-order valence-electron chi connectivity index (χ4n) is 10.5. The minimum atomic E-state index is -0.476. The highest BCUT2D eigenvalue weighted by Gasteiger charge is 2.52. The molecule has 2 heterocycles. The van der Waals surface area contributed by atoms with Crippen LogP contribution in [0.25, 0.3) is 100 Å². The van der Waals surface area contributed by atoms with Crippen molar-refractivity contribution in [1.82, 2.24) is 9.97 Å². The fraction of sp³-hybridized carbons (Fsp3) is 0.0175. The van der Waals surface area contributed by atoms with Crippen LogP contribution in [0.2, 0.25) is 0 Å². The molecule has 2 heteroatoms. The van der Waals surface area contributed by atoms with E-state index in [4.69, 9.17) is 9.97 Å². The quantitative estimate of drug-likeness (QED) is 0.176. The molecule has 59 heavy (non-hydrogen) atoms. The molecule has 1 spiro atoms.